The summed E-state index contributed by atoms with van der Waals surface area (Å²) in [5, 5.41) is 12.8. The summed E-state index contributed by atoms with van der Waals surface area (Å²) in [6.45, 7) is 0. The van der Waals surface area contributed by atoms with E-state index < -0.39 is 47.0 Å². The number of phenolic OH excluding ortho intramolecular Hbond substituents is 1. The Hall–Kier alpha value is -3.26. The molecule has 7 nitrogen and oxygen atoms in total. The van der Waals surface area contributed by atoms with Crippen molar-refractivity contribution in [2.75, 3.05) is 14.2 Å². The van der Waals surface area contributed by atoms with Crippen molar-refractivity contribution in [2.45, 2.75) is 18.0 Å². The average molecular weight is 412 g/mol. The topological polar surface area (TPSA) is 95.9 Å². The molecular weight excluding hydrogens is 391 g/mol. The molecule has 2 aromatic rings. The number of hydrogen-bond donors (Lipinski definition) is 2. The summed E-state index contributed by atoms with van der Waals surface area (Å²) >= 11 is 0. The largest absolute Gasteiger partial charge is 0.508 e. The SMILES string of the molecule is COC(=O)[C@]1(Cc2ccc(O)cc2)N[C@H](c2ccc(F)cc2)[C@H]2C(=O)N(C)C(=O)[C@@H]21. The zero-order valence-corrected chi connectivity index (χ0v) is 16.5. The molecule has 2 N–H and O–H groups in total. The number of carbonyl (C=O) groups excluding carboxylic acids is 3. The summed E-state index contributed by atoms with van der Waals surface area (Å²) in [6.07, 6.45) is 0.0751. The van der Waals surface area contributed by atoms with E-state index in [4.69, 9.17) is 4.74 Å². The standard InChI is InChI=1S/C22H21FN2O5/c1-25-19(27)16-17(20(25)28)22(21(29)30-2,11-12-3-9-15(26)10-4-12)24-18(16)13-5-7-14(23)8-6-13/h3-10,16-18,24,26H,11H2,1-2H3/t16-,17+,18+,22+/m0/s1. The second-order valence-corrected chi connectivity index (χ2v) is 7.72. The highest BCUT2D eigenvalue weighted by Gasteiger charge is 2.68. The molecule has 2 fully saturated rings. The number of likely N-dealkylation sites (tertiary alicyclic amines) is 1. The van der Waals surface area contributed by atoms with Gasteiger partial charge in [0, 0.05) is 19.5 Å². The number of nitrogens with zero attached hydrogens (tertiary/aromatic N) is 1. The maximum absolute atomic E-state index is 13.5. The van der Waals surface area contributed by atoms with Crippen LogP contribution in [0, 0.1) is 17.7 Å². The molecule has 0 saturated carbocycles. The van der Waals surface area contributed by atoms with Crippen molar-refractivity contribution in [3.63, 3.8) is 0 Å². The van der Waals surface area contributed by atoms with Crippen LogP contribution in [-0.4, -0.2) is 47.5 Å². The highest BCUT2D eigenvalue weighted by molar-refractivity contribution is 6.09. The van der Waals surface area contributed by atoms with Crippen LogP contribution in [0.25, 0.3) is 0 Å². The molecule has 0 bridgehead atoms. The van der Waals surface area contributed by atoms with Crippen LogP contribution in [-0.2, 0) is 25.5 Å². The molecule has 2 aliphatic heterocycles. The molecule has 4 rings (SSSR count). The molecule has 2 heterocycles. The van der Waals surface area contributed by atoms with Gasteiger partial charge in [0.25, 0.3) is 0 Å². The molecule has 0 radical (unpaired) electrons. The summed E-state index contributed by atoms with van der Waals surface area (Å²) in [5.74, 6) is -3.70. The van der Waals surface area contributed by atoms with Crippen LogP contribution in [0.15, 0.2) is 48.5 Å². The zero-order valence-electron chi connectivity index (χ0n) is 16.5. The number of ether oxygens (including phenoxy) is 1. The number of esters is 1. The minimum Gasteiger partial charge on any atom is -0.508 e. The van der Waals surface area contributed by atoms with Crippen molar-refractivity contribution in [3.05, 3.63) is 65.5 Å². The van der Waals surface area contributed by atoms with E-state index in [9.17, 15) is 23.9 Å². The fourth-order valence-corrected chi connectivity index (χ4v) is 4.64. The minimum absolute atomic E-state index is 0.0687. The van der Waals surface area contributed by atoms with Gasteiger partial charge in [-0.2, -0.15) is 0 Å². The van der Waals surface area contributed by atoms with Gasteiger partial charge in [0.05, 0.1) is 18.9 Å². The van der Waals surface area contributed by atoms with E-state index in [1.807, 2.05) is 0 Å². The van der Waals surface area contributed by atoms with E-state index >= 15 is 0 Å². The molecule has 156 valence electrons. The molecule has 2 amide bonds. The molecule has 4 atom stereocenters. The summed E-state index contributed by atoms with van der Waals surface area (Å²) in [6, 6.07) is 11.2. The lowest BCUT2D eigenvalue weighted by Gasteiger charge is -2.32. The van der Waals surface area contributed by atoms with Gasteiger partial charge in [-0.25, -0.2) is 4.39 Å². The van der Waals surface area contributed by atoms with Gasteiger partial charge in [0.15, 0.2) is 0 Å². The number of methoxy groups -OCH3 is 1. The van der Waals surface area contributed by atoms with Crippen molar-refractivity contribution in [1.82, 2.24) is 10.2 Å². The summed E-state index contributed by atoms with van der Waals surface area (Å²) in [5.41, 5.74) is -0.217. The van der Waals surface area contributed by atoms with E-state index in [1.165, 1.54) is 50.6 Å². The lowest BCUT2D eigenvalue weighted by atomic mass is 9.76. The number of imide groups is 1. The molecule has 2 saturated heterocycles. The van der Waals surface area contributed by atoms with Crippen LogP contribution in [0.3, 0.4) is 0 Å². The maximum atomic E-state index is 13.5. The Morgan fingerprint density at radius 3 is 2.37 bits per heavy atom. The predicted octanol–water partition coefficient (Wildman–Crippen LogP) is 1.56. The van der Waals surface area contributed by atoms with Gasteiger partial charge in [-0.1, -0.05) is 24.3 Å². The quantitative estimate of drug-likeness (QED) is 0.585. The summed E-state index contributed by atoms with van der Waals surface area (Å²) in [7, 11) is 2.63. The van der Waals surface area contributed by atoms with Crippen molar-refractivity contribution in [1.29, 1.82) is 0 Å². The third kappa shape index (κ3) is 2.95. The van der Waals surface area contributed by atoms with E-state index in [1.54, 1.807) is 12.1 Å². The lowest BCUT2D eigenvalue weighted by molar-refractivity contribution is -0.153. The number of rotatable bonds is 4. The number of carbonyl (C=O) groups is 3. The first-order valence-corrected chi connectivity index (χ1v) is 9.49. The van der Waals surface area contributed by atoms with E-state index in [-0.39, 0.29) is 12.2 Å². The first-order chi connectivity index (χ1) is 14.3. The van der Waals surface area contributed by atoms with Gasteiger partial charge in [-0.15, -0.1) is 0 Å². The third-order valence-corrected chi connectivity index (χ3v) is 6.07. The smallest absolute Gasteiger partial charge is 0.327 e. The number of phenols is 1. The Bertz CT molecular complexity index is 1010. The fraction of sp³-hybridized carbons (Fsp3) is 0.318. The number of nitrogens with one attached hydrogen (secondary N) is 1. The van der Waals surface area contributed by atoms with Crippen molar-refractivity contribution < 1.29 is 28.6 Å². The van der Waals surface area contributed by atoms with E-state index in [0.29, 0.717) is 11.1 Å². The second-order valence-electron chi connectivity index (χ2n) is 7.72. The predicted molar refractivity (Wildman–Crippen MR) is 104 cm³/mol. The summed E-state index contributed by atoms with van der Waals surface area (Å²) < 4.78 is 18.5. The van der Waals surface area contributed by atoms with Crippen LogP contribution in [0.2, 0.25) is 0 Å². The van der Waals surface area contributed by atoms with Gasteiger partial charge in [0.1, 0.15) is 17.1 Å². The molecule has 8 heteroatoms. The fourth-order valence-electron chi connectivity index (χ4n) is 4.64. The highest BCUT2D eigenvalue weighted by Crippen LogP contribution is 2.50. The van der Waals surface area contributed by atoms with Gasteiger partial charge in [-0.3, -0.25) is 24.6 Å². The molecule has 2 aliphatic rings. The third-order valence-electron chi connectivity index (χ3n) is 6.07. The van der Waals surface area contributed by atoms with Gasteiger partial charge in [-0.05, 0) is 35.4 Å². The number of hydrogen-bond acceptors (Lipinski definition) is 6. The molecular formula is C22H21FN2O5. The van der Waals surface area contributed by atoms with Gasteiger partial charge < -0.3 is 9.84 Å². The summed E-state index contributed by atoms with van der Waals surface area (Å²) in [4.78, 5) is 40.1. The Morgan fingerprint density at radius 1 is 1.13 bits per heavy atom. The molecule has 0 aliphatic carbocycles. The number of amides is 2. The van der Waals surface area contributed by atoms with Crippen LogP contribution < -0.4 is 5.32 Å². The average Bonchev–Trinajstić information content (AvgIpc) is 3.20. The number of halogens is 1. The number of aromatic hydroxyl groups is 1. The zero-order chi connectivity index (χ0) is 21.6. The number of fused-ring (bicyclic) bond motifs is 1. The van der Waals surface area contributed by atoms with Crippen LogP contribution >= 0.6 is 0 Å². The second kappa shape index (κ2) is 7.21. The Balaban J connectivity index is 1.84. The van der Waals surface area contributed by atoms with Crippen LogP contribution in [0.5, 0.6) is 5.75 Å². The highest BCUT2D eigenvalue weighted by atomic mass is 19.1. The van der Waals surface area contributed by atoms with Gasteiger partial charge >= 0.3 is 5.97 Å². The normalized spacial score (nSPS) is 28.0. The van der Waals surface area contributed by atoms with E-state index in [2.05, 4.69) is 5.32 Å². The molecule has 0 aromatic heterocycles. The van der Waals surface area contributed by atoms with Crippen molar-refractivity contribution in [2.24, 2.45) is 11.8 Å². The maximum Gasteiger partial charge on any atom is 0.327 e. The Labute approximate surface area is 172 Å². The molecule has 2 aromatic carbocycles. The Morgan fingerprint density at radius 2 is 1.77 bits per heavy atom. The van der Waals surface area contributed by atoms with Crippen molar-refractivity contribution in [3.8, 4) is 5.75 Å². The number of benzene rings is 2. The minimum atomic E-state index is -1.49. The molecule has 30 heavy (non-hydrogen) atoms. The van der Waals surface area contributed by atoms with E-state index in [0.717, 1.165) is 4.90 Å². The first kappa shape index (κ1) is 20.0. The molecule has 0 unspecified atom stereocenters. The van der Waals surface area contributed by atoms with Crippen molar-refractivity contribution >= 4 is 17.8 Å². The first-order valence-electron chi connectivity index (χ1n) is 9.49. The lowest BCUT2D eigenvalue weighted by Crippen LogP contribution is -2.57. The van der Waals surface area contributed by atoms with Gasteiger partial charge in [0.2, 0.25) is 11.8 Å². The van der Waals surface area contributed by atoms with Crippen LogP contribution in [0.4, 0.5) is 4.39 Å². The molecule has 0 spiro atoms. The Kier molecular flexibility index (Phi) is 4.82. The van der Waals surface area contributed by atoms with Crippen LogP contribution in [0.1, 0.15) is 17.2 Å². The monoisotopic (exact) mass is 412 g/mol.